The quantitative estimate of drug-likeness (QED) is 0.432. The molecule has 21 heavy (non-hydrogen) atoms. The monoisotopic (exact) mass is 358 g/mol. The molecule has 0 atom stereocenters. The lowest BCUT2D eigenvalue weighted by Crippen LogP contribution is -2.39. The Morgan fingerprint density at radius 2 is 1.62 bits per heavy atom. The number of hydrogen-bond donors (Lipinski definition) is 0. The van der Waals surface area contributed by atoms with Gasteiger partial charge in [-0.05, 0) is 23.8 Å². The molecule has 0 saturated carbocycles. The summed E-state index contributed by atoms with van der Waals surface area (Å²) >= 11 is 3.42. The van der Waals surface area contributed by atoms with Crippen LogP contribution in [0.3, 0.4) is 0 Å². The van der Waals surface area contributed by atoms with Crippen molar-refractivity contribution in [3.63, 3.8) is 0 Å². The van der Waals surface area contributed by atoms with E-state index in [2.05, 4.69) is 53.8 Å². The highest BCUT2D eigenvalue weighted by atomic mass is 79.9. The Morgan fingerprint density at radius 3 is 2.29 bits per heavy atom. The van der Waals surface area contributed by atoms with Crippen molar-refractivity contribution < 1.29 is 4.79 Å². The molecule has 108 valence electrons. The predicted molar refractivity (Wildman–Crippen MR) is 96.9 cm³/mol. The fraction of sp³-hybridized carbons (Fsp3) is 0.167. The lowest BCUT2D eigenvalue weighted by atomic mass is 10.1. The van der Waals surface area contributed by atoms with Crippen LogP contribution in [0.1, 0.15) is 15.9 Å². The molecule has 0 aromatic heterocycles. The van der Waals surface area contributed by atoms with Gasteiger partial charge in [0.15, 0.2) is 5.78 Å². The van der Waals surface area contributed by atoms with Crippen LogP contribution >= 0.6 is 15.9 Å². The lowest BCUT2D eigenvalue weighted by molar-refractivity contribution is 0.104. The van der Waals surface area contributed by atoms with Gasteiger partial charge in [0, 0.05) is 10.0 Å². The highest BCUT2D eigenvalue weighted by Gasteiger charge is 2.18. The Labute approximate surface area is 135 Å². The molecule has 0 aliphatic rings. The number of carbonyl (C=O) groups excluding carboxylic acids is 1. The second-order valence-corrected chi connectivity index (χ2v) is 11.9. The average Bonchev–Trinajstić information content (AvgIpc) is 2.44. The highest BCUT2D eigenvalue weighted by Crippen LogP contribution is 2.17. The smallest absolute Gasteiger partial charge is 0.186 e. The van der Waals surface area contributed by atoms with Crippen LogP contribution in [0.15, 0.2) is 59.1 Å². The molecule has 0 amide bonds. The molecule has 0 spiro atoms. The zero-order valence-electron chi connectivity index (χ0n) is 12.6. The Bertz CT molecular complexity index is 684. The highest BCUT2D eigenvalue weighted by molar-refractivity contribution is 9.10. The minimum absolute atomic E-state index is 0.0212. The predicted octanol–water partition coefficient (Wildman–Crippen LogP) is 4.89. The summed E-state index contributed by atoms with van der Waals surface area (Å²) in [6.45, 7) is 6.94. The summed E-state index contributed by atoms with van der Waals surface area (Å²) in [7, 11) is -1.41. The molecule has 0 N–H and O–H groups in total. The van der Waals surface area contributed by atoms with E-state index < -0.39 is 8.07 Å². The van der Waals surface area contributed by atoms with Gasteiger partial charge in [0.25, 0.3) is 0 Å². The van der Waals surface area contributed by atoms with E-state index in [4.69, 9.17) is 0 Å². The Balaban J connectivity index is 2.31. The minimum atomic E-state index is -1.41. The van der Waals surface area contributed by atoms with E-state index in [1.54, 1.807) is 6.08 Å². The van der Waals surface area contributed by atoms with Gasteiger partial charge in [0.05, 0.1) is 8.07 Å². The largest absolute Gasteiger partial charge is 0.289 e. The van der Waals surface area contributed by atoms with E-state index >= 15 is 0 Å². The van der Waals surface area contributed by atoms with Crippen LogP contribution in [0.5, 0.6) is 0 Å². The van der Waals surface area contributed by atoms with Crippen molar-refractivity contribution in [1.82, 2.24) is 0 Å². The van der Waals surface area contributed by atoms with Gasteiger partial charge in [0.1, 0.15) is 0 Å². The number of rotatable bonds is 4. The van der Waals surface area contributed by atoms with Crippen LogP contribution in [0.4, 0.5) is 0 Å². The molecule has 0 radical (unpaired) electrons. The zero-order chi connectivity index (χ0) is 15.5. The van der Waals surface area contributed by atoms with Crippen LogP contribution in [0, 0.1) is 0 Å². The molecular formula is C18H19BrOSi. The van der Waals surface area contributed by atoms with Crippen LogP contribution in [0.25, 0.3) is 6.08 Å². The van der Waals surface area contributed by atoms with Gasteiger partial charge in [-0.15, -0.1) is 0 Å². The molecule has 0 aliphatic carbocycles. The summed E-state index contributed by atoms with van der Waals surface area (Å²) in [6.07, 6.45) is 3.61. The van der Waals surface area contributed by atoms with E-state index in [-0.39, 0.29) is 5.78 Å². The molecule has 0 heterocycles. The molecular weight excluding hydrogens is 340 g/mol. The first-order valence-corrected chi connectivity index (χ1v) is 11.3. The fourth-order valence-corrected chi connectivity index (χ4v) is 4.35. The second kappa shape index (κ2) is 6.54. The van der Waals surface area contributed by atoms with E-state index in [0.717, 1.165) is 10.0 Å². The van der Waals surface area contributed by atoms with Crippen LogP contribution < -0.4 is 5.19 Å². The molecule has 0 saturated heterocycles. The van der Waals surface area contributed by atoms with Crippen LogP contribution in [-0.4, -0.2) is 13.9 Å². The molecule has 0 bridgehead atoms. The summed E-state index contributed by atoms with van der Waals surface area (Å²) in [5.74, 6) is 0.0212. The number of ketones is 1. The van der Waals surface area contributed by atoms with Gasteiger partial charge in [-0.3, -0.25) is 4.79 Å². The molecule has 1 nitrogen and oxygen atoms in total. The molecule has 0 aliphatic heterocycles. The number of hydrogen-bond acceptors (Lipinski definition) is 1. The van der Waals surface area contributed by atoms with Gasteiger partial charge >= 0.3 is 0 Å². The van der Waals surface area contributed by atoms with Gasteiger partial charge in [-0.25, -0.2) is 0 Å². The van der Waals surface area contributed by atoms with Crippen molar-refractivity contribution in [1.29, 1.82) is 0 Å². The van der Waals surface area contributed by atoms with Crippen LogP contribution in [-0.2, 0) is 0 Å². The third-order valence-electron chi connectivity index (χ3n) is 3.32. The Morgan fingerprint density at radius 1 is 1.00 bits per heavy atom. The van der Waals surface area contributed by atoms with E-state index in [9.17, 15) is 4.79 Å². The first-order chi connectivity index (χ1) is 9.89. The standard InChI is InChI=1S/C18H19BrOSi/c1-21(2,3)18-11-7-4-8-14(18)12-13-17(20)15-9-5-6-10-16(15)19/h4-13H,1-3H3/b13-12+. The summed E-state index contributed by atoms with van der Waals surface area (Å²) in [6, 6.07) is 15.9. The molecule has 2 aromatic rings. The lowest BCUT2D eigenvalue weighted by Gasteiger charge is -2.19. The van der Waals surface area contributed by atoms with Gasteiger partial charge < -0.3 is 0 Å². The zero-order valence-corrected chi connectivity index (χ0v) is 15.1. The van der Waals surface area contributed by atoms with Gasteiger partial charge in [-0.1, -0.05) is 83.2 Å². The van der Waals surface area contributed by atoms with Crippen molar-refractivity contribution in [2.75, 3.05) is 0 Å². The van der Waals surface area contributed by atoms with E-state index in [0.29, 0.717) is 5.56 Å². The third kappa shape index (κ3) is 4.02. The first kappa shape index (κ1) is 15.9. The summed E-state index contributed by atoms with van der Waals surface area (Å²) in [4.78, 5) is 12.3. The topological polar surface area (TPSA) is 17.1 Å². The maximum Gasteiger partial charge on any atom is 0.186 e. The molecule has 0 fully saturated rings. The maximum absolute atomic E-state index is 12.3. The first-order valence-electron chi connectivity index (χ1n) is 6.96. The maximum atomic E-state index is 12.3. The summed E-state index contributed by atoms with van der Waals surface area (Å²) in [5.41, 5.74) is 1.84. The number of halogens is 1. The number of benzene rings is 2. The number of carbonyl (C=O) groups is 1. The van der Waals surface area contributed by atoms with Crippen molar-refractivity contribution in [2.45, 2.75) is 19.6 Å². The van der Waals surface area contributed by atoms with Crippen molar-refractivity contribution >= 4 is 41.0 Å². The molecule has 2 rings (SSSR count). The minimum Gasteiger partial charge on any atom is -0.289 e. The summed E-state index contributed by atoms with van der Waals surface area (Å²) < 4.78 is 0.832. The Kier molecular flexibility index (Phi) is 4.96. The van der Waals surface area contributed by atoms with Crippen LogP contribution in [0.2, 0.25) is 19.6 Å². The molecule has 0 unspecified atom stereocenters. The van der Waals surface area contributed by atoms with E-state index in [1.807, 2.05) is 36.4 Å². The molecule has 3 heteroatoms. The van der Waals surface area contributed by atoms with Gasteiger partial charge in [0.2, 0.25) is 0 Å². The SMILES string of the molecule is C[Si](C)(C)c1ccccc1/C=C/C(=O)c1ccccc1Br. The third-order valence-corrected chi connectivity index (χ3v) is 6.09. The normalized spacial score (nSPS) is 11.8. The van der Waals surface area contributed by atoms with Crippen molar-refractivity contribution in [3.8, 4) is 0 Å². The van der Waals surface area contributed by atoms with Crippen molar-refractivity contribution in [3.05, 3.63) is 70.2 Å². The van der Waals surface area contributed by atoms with Crippen molar-refractivity contribution in [2.24, 2.45) is 0 Å². The fourth-order valence-electron chi connectivity index (χ4n) is 2.24. The molecule has 2 aromatic carbocycles. The second-order valence-electron chi connectivity index (χ2n) is 6.01. The summed E-state index contributed by atoms with van der Waals surface area (Å²) in [5, 5.41) is 1.38. The Hall–Kier alpha value is -1.45. The van der Waals surface area contributed by atoms with E-state index in [1.165, 1.54) is 5.19 Å². The average molecular weight is 359 g/mol. The number of allylic oxidation sites excluding steroid dienone is 1. The van der Waals surface area contributed by atoms with Gasteiger partial charge in [-0.2, -0.15) is 0 Å².